The molecule has 1 aromatic carbocycles. The van der Waals surface area contributed by atoms with Gasteiger partial charge in [0.05, 0.1) is 21.3 Å². The van der Waals surface area contributed by atoms with Crippen molar-refractivity contribution < 1.29 is 24.2 Å². The van der Waals surface area contributed by atoms with Crippen LogP contribution in [0.2, 0.25) is 0 Å². The summed E-state index contributed by atoms with van der Waals surface area (Å²) in [7, 11) is 4.28. The van der Waals surface area contributed by atoms with Gasteiger partial charge in [0.2, 0.25) is 0 Å². The van der Waals surface area contributed by atoms with Gasteiger partial charge in [-0.05, 0) is 17.7 Å². The lowest BCUT2D eigenvalue weighted by atomic mass is 10.1. The molecule has 0 saturated carbocycles. The summed E-state index contributed by atoms with van der Waals surface area (Å²) >= 11 is 0. The number of benzene rings is 1. The van der Waals surface area contributed by atoms with Crippen LogP contribution in [-0.2, 0) is 16.0 Å². The Morgan fingerprint density at radius 1 is 1.22 bits per heavy atom. The smallest absolute Gasteiger partial charge is 0.356 e. The van der Waals surface area contributed by atoms with Crippen molar-refractivity contribution in [1.29, 1.82) is 0 Å². The molecule has 0 bridgehead atoms. The van der Waals surface area contributed by atoms with Crippen molar-refractivity contribution in [2.45, 2.75) is 6.42 Å². The van der Waals surface area contributed by atoms with E-state index in [0.717, 1.165) is 5.56 Å². The summed E-state index contributed by atoms with van der Waals surface area (Å²) in [5, 5.41) is 11.7. The summed E-state index contributed by atoms with van der Waals surface area (Å²) in [6.07, 6.45) is 0.142. The third-order valence-electron chi connectivity index (χ3n) is 2.36. The molecule has 18 heavy (non-hydrogen) atoms. The van der Waals surface area contributed by atoms with Crippen molar-refractivity contribution in [2.75, 3.05) is 21.3 Å². The number of methoxy groups -OCH3 is 3. The lowest BCUT2D eigenvalue weighted by Crippen LogP contribution is -2.18. The summed E-state index contributed by atoms with van der Waals surface area (Å²) in [6, 6.07) is 5.16. The second-order valence-corrected chi connectivity index (χ2v) is 3.40. The molecule has 6 nitrogen and oxygen atoms in total. The molecular weight excluding hydrogens is 238 g/mol. The molecule has 0 aliphatic rings. The summed E-state index contributed by atoms with van der Waals surface area (Å²) in [6.45, 7) is 0. The van der Waals surface area contributed by atoms with Crippen LogP contribution in [0, 0.1) is 0 Å². The number of hydrogen-bond donors (Lipinski definition) is 1. The minimum atomic E-state index is -0.674. The Hall–Kier alpha value is -2.24. The van der Waals surface area contributed by atoms with Crippen LogP contribution in [0.1, 0.15) is 5.56 Å². The van der Waals surface area contributed by atoms with Gasteiger partial charge in [-0.25, -0.2) is 4.79 Å². The molecule has 0 unspecified atom stereocenters. The Morgan fingerprint density at radius 3 is 2.39 bits per heavy atom. The SMILES string of the molecule is COC(=O)/C(Cc1ccc(OC)c(OC)c1)=N\O. The molecule has 0 heterocycles. The van der Waals surface area contributed by atoms with Crippen molar-refractivity contribution in [1.82, 2.24) is 0 Å². The maximum absolute atomic E-state index is 11.3. The van der Waals surface area contributed by atoms with Gasteiger partial charge in [0.1, 0.15) is 0 Å². The highest BCUT2D eigenvalue weighted by atomic mass is 16.5. The topological polar surface area (TPSA) is 77.4 Å². The molecule has 0 saturated heterocycles. The van der Waals surface area contributed by atoms with Crippen LogP contribution in [0.3, 0.4) is 0 Å². The van der Waals surface area contributed by atoms with Crippen molar-refractivity contribution in [3.8, 4) is 11.5 Å². The number of ether oxygens (including phenoxy) is 3. The van der Waals surface area contributed by atoms with E-state index in [1.165, 1.54) is 21.3 Å². The van der Waals surface area contributed by atoms with E-state index in [1.807, 2.05) is 0 Å². The summed E-state index contributed by atoms with van der Waals surface area (Å²) in [4.78, 5) is 11.3. The fraction of sp³-hybridized carbons (Fsp3) is 0.333. The predicted molar refractivity (Wildman–Crippen MR) is 64.5 cm³/mol. The van der Waals surface area contributed by atoms with E-state index >= 15 is 0 Å². The molecule has 0 aromatic heterocycles. The number of hydrogen-bond acceptors (Lipinski definition) is 6. The van der Waals surface area contributed by atoms with Gasteiger partial charge in [0.25, 0.3) is 0 Å². The summed E-state index contributed by atoms with van der Waals surface area (Å²) in [5.41, 5.74) is 0.663. The zero-order valence-corrected chi connectivity index (χ0v) is 10.5. The fourth-order valence-corrected chi connectivity index (χ4v) is 1.45. The van der Waals surface area contributed by atoms with Crippen LogP contribution in [-0.4, -0.2) is 38.2 Å². The van der Waals surface area contributed by atoms with Gasteiger partial charge >= 0.3 is 5.97 Å². The molecule has 0 aliphatic heterocycles. The standard InChI is InChI=1S/C12H15NO5/c1-16-10-5-4-8(7-11(10)17-2)6-9(13-15)12(14)18-3/h4-5,7,15H,6H2,1-3H3/b13-9-. The molecule has 0 fully saturated rings. The average molecular weight is 253 g/mol. The third kappa shape index (κ3) is 3.13. The molecule has 0 aliphatic carbocycles. The van der Waals surface area contributed by atoms with Gasteiger partial charge in [-0.2, -0.15) is 0 Å². The number of carbonyl (C=O) groups excluding carboxylic acids is 1. The molecule has 0 amide bonds. The maximum Gasteiger partial charge on any atom is 0.356 e. The van der Waals surface area contributed by atoms with Crippen LogP contribution in [0.4, 0.5) is 0 Å². The quantitative estimate of drug-likeness (QED) is 0.370. The number of esters is 1. The Morgan fingerprint density at radius 2 is 1.89 bits per heavy atom. The van der Waals surface area contributed by atoms with Crippen LogP contribution in [0.15, 0.2) is 23.4 Å². The van der Waals surface area contributed by atoms with Gasteiger partial charge in [-0.1, -0.05) is 11.2 Å². The molecular formula is C12H15NO5. The largest absolute Gasteiger partial charge is 0.493 e. The fourth-order valence-electron chi connectivity index (χ4n) is 1.45. The highest BCUT2D eigenvalue weighted by Crippen LogP contribution is 2.27. The number of nitrogens with zero attached hydrogens (tertiary/aromatic N) is 1. The minimum Gasteiger partial charge on any atom is -0.493 e. The maximum atomic E-state index is 11.3. The van der Waals surface area contributed by atoms with Crippen LogP contribution < -0.4 is 9.47 Å². The molecule has 1 N–H and O–H groups in total. The Bertz CT molecular complexity index is 456. The van der Waals surface area contributed by atoms with E-state index in [2.05, 4.69) is 9.89 Å². The zero-order valence-electron chi connectivity index (χ0n) is 10.5. The molecule has 0 spiro atoms. The van der Waals surface area contributed by atoms with Crippen molar-refractivity contribution in [3.05, 3.63) is 23.8 Å². The first-order valence-electron chi connectivity index (χ1n) is 5.16. The Labute approximate surface area is 105 Å². The van der Waals surface area contributed by atoms with E-state index in [1.54, 1.807) is 18.2 Å². The summed E-state index contributed by atoms with van der Waals surface area (Å²) < 4.78 is 14.7. The lowest BCUT2D eigenvalue weighted by Gasteiger charge is -2.09. The molecule has 0 radical (unpaired) electrons. The molecule has 1 aromatic rings. The van der Waals surface area contributed by atoms with Gasteiger partial charge < -0.3 is 19.4 Å². The molecule has 6 heteroatoms. The second-order valence-electron chi connectivity index (χ2n) is 3.40. The Balaban J connectivity index is 2.94. The highest BCUT2D eigenvalue weighted by molar-refractivity contribution is 6.36. The van der Waals surface area contributed by atoms with Crippen molar-refractivity contribution >= 4 is 11.7 Å². The van der Waals surface area contributed by atoms with Crippen LogP contribution in [0.5, 0.6) is 11.5 Å². The number of oxime groups is 1. The van der Waals surface area contributed by atoms with Gasteiger partial charge in [0, 0.05) is 6.42 Å². The normalized spacial score (nSPS) is 10.9. The summed E-state index contributed by atoms with van der Waals surface area (Å²) in [5.74, 6) is 0.450. The minimum absolute atomic E-state index is 0.0790. The first kappa shape index (κ1) is 13.8. The van der Waals surface area contributed by atoms with E-state index in [0.29, 0.717) is 11.5 Å². The van der Waals surface area contributed by atoms with Gasteiger partial charge in [-0.3, -0.25) is 0 Å². The van der Waals surface area contributed by atoms with Crippen LogP contribution in [0.25, 0.3) is 0 Å². The first-order valence-corrected chi connectivity index (χ1v) is 5.16. The molecule has 98 valence electrons. The highest BCUT2D eigenvalue weighted by Gasteiger charge is 2.14. The second kappa shape index (κ2) is 6.48. The molecule has 1 rings (SSSR count). The van der Waals surface area contributed by atoms with E-state index in [-0.39, 0.29) is 12.1 Å². The average Bonchev–Trinajstić information content (AvgIpc) is 2.43. The zero-order chi connectivity index (χ0) is 13.5. The number of carbonyl (C=O) groups is 1. The van der Waals surface area contributed by atoms with Gasteiger partial charge in [-0.15, -0.1) is 0 Å². The number of rotatable bonds is 5. The van der Waals surface area contributed by atoms with Crippen LogP contribution >= 0.6 is 0 Å². The third-order valence-corrected chi connectivity index (χ3v) is 2.36. The van der Waals surface area contributed by atoms with E-state index in [9.17, 15) is 4.79 Å². The predicted octanol–water partition coefficient (Wildman–Crippen LogP) is 1.25. The first-order chi connectivity index (χ1) is 8.65. The monoisotopic (exact) mass is 253 g/mol. The van der Waals surface area contributed by atoms with Gasteiger partial charge in [0.15, 0.2) is 17.2 Å². The van der Waals surface area contributed by atoms with Crippen molar-refractivity contribution in [3.63, 3.8) is 0 Å². The molecule has 0 atom stereocenters. The van der Waals surface area contributed by atoms with Crippen molar-refractivity contribution in [2.24, 2.45) is 5.16 Å². The lowest BCUT2D eigenvalue weighted by molar-refractivity contribution is -0.133. The van der Waals surface area contributed by atoms with E-state index < -0.39 is 5.97 Å². The Kier molecular flexibility index (Phi) is 4.98. The van der Waals surface area contributed by atoms with E-state index in [4.69, 9.17) is 14.7 Å².